The molecule has 7 heavy (non-hydrogen) atoms. The summed E-state index contributed by atoms with van der Waals surface area (Å²) in [5, 5.41) is 0. The van der Waals surface area contributed by atoms with Crippen LogP contribution < -0.4 is 0 Å². The van der Waals surface area contributed by atoms with E-state index in [0.717, 1.165) is 12.8 Å². The van der Waals surface area contributed by atoms with Gasteiger partial charge in [0.2, 0.25) is 0 Å². The van der Waals surface area contributed by atoms with Crippen LogP contribution in [0.2, 0.25) is 0 Å². The van der Waals surface area contributed by atoms with Gasteiger partial charge in [-0.3, -0.25) is 0 Å². The maximum absolute atomic E-state index is 5.11. The minimum Gasteiger partial charge on any atom is -0.385 e. The highest BCUT2D eigenvalue weighted by molar-refractivity contribution is 6.08. The van der Waals surface area contributed by atoms with Gasteiger partial charge in [0.05, 0.1) is 0 Å². The molecule has 0 aliphatic rings. The van der Waals surface area contributed by atoms with Gasteiger partial charge in [-0.05, 0) is 5.92 Å². The molecular weight excluding hydrogens is 104 g/mol. The van der Waals surface area contributed by atoms with Crippen LogP contribution in [0.4, 0.5) is 0 Å². The summed E-state index contributed by atoms with van der Waals surface area (Å²) < 4.78 is 5.11. The second kappa shape index (κ2) is 4.34. The van der Waals surface area contributed by atoms with Gasteiger partial charge in [0.15, 0.2) is 0 Å². The zero-order valence-corrected chi connectivity index (χ0v) is 6.52. The van der Waals surface area contributed by atoms with Crippen molar-refractivity contribution >= 4 is 10.2 Å². The van der Waals surface area contributed by atoms with Gasteiger partial charge in [0.1, 0.15) is 0 Å². The third kappa shape index (κ3) is 6.18. The van der Waals surface area contributed by atoms with Crippen molar-refractivity contribution in [1.29, 1.82) is 0 Å². The van der Waals surface area contributed by atoms with E-state index >= 15 is 0 Å². The average molecular weight is 117 g/mol. The molecule has 0 rings (SSSR count). The fourth-order valence-electron chi connectivity index (χ4n) is 0.319. The number of rotatable bonds is 3. The molecule has 0 aromatic carbocycles. The molecule has 43 valence electrons. The lowest BCUT2D eigenvalue weighted by Gasteiger charge is -2.01. The van der Waals surface area contributed by atoms with Crippen LogP contribution in [0, 0.1) is 5.92 Å². The van der Waals surface area contributed by atoms with Gasteiger partial charge in [-0.15, -0.1) is 0 Å². The molecule has 0 aromatic heterocycles. The largest absolute Gasteiger partial charge is 0.385 e. The first-order valence-electron chi connectivity index (χ1n) is 2.64. The summed E-state index contributed by atoms with van der Waals surface area (Å²) >= 11 is 0. The zero-order chi connectivity index (χ0) is 5.70. The van der Waals surface area contributed by atoms with E-state index in [2.05, 4.69) is 13.8 Å². The van der Waals surface area contributed by atoms with Crippen molar-refractivity contribution in [2.24, 2.45) is 5.92 Å². The first-order valence-corrected chi connectivity index (χ1v) is 3.64. The monoisotopic (exact) mass is 117 g/mol. The lowest BCUT2D eigenvalue weighted by atomic mass is 10.2. The van der Waals surface area contributed by atoms with Crippen molar-refractivity contribution in [1.82, 2.24) is 0 Å². The molecule has 0 spiro atoms. The van der Waals surface area contributed by atoms with Crippen molar-refractivity contribution in [2.45, 2.75) is 13.8 Å². The molecule has 0 aromatic rings. The van der Waals surface area contributed by atoms with Crippen LogP contribution in [-0.4, -0.2) is 23.1 Å². The van der Waals surface area contributed by atoms with E-state index in [0.29, 0.717) is 5.92 Å². The first-order chi connectivity index (χ1) is 3.27. The minimum absolute atomic E-state index is 0.685. The van der Waals surface area contributed by atoms with Crippen molar-refractivity contribution in [2.75, 3.05) is 12.8 Å². The Bertz CT molecular complexity index is 37.1. The lowest BCUT2D eigenvalue weighted by Crippen LogP contribution is -2.02. The maximum atomic E-state index is 5.11. The third-order valence-corrected chi connectivity index (χ3v) is 0.884. The maximum Gasteiger partial charge on any atom is 0.0484 e. The normalized spacial score (nSPS) is 10.3. The zero-order valence-electron chi connectivity index (χ0n) is 5.11. The van der Waals surface area contributed by atoms with Crippen molar-refractivity contribution in [3.05, 3.63) is 0 Å². The molecule has 2 heteroatoms. The molecule has 0 saturated heterocycles. The molecule has 0 N–H and O–H groups in total. The number of hydrogen-bond donors (Lipinski definition) is 0. The van der Waals surface area contributed by atoms with Gasteiger partial charge in [-0.2, -0.15) is 0 Å². The average Bonchev–Trinajstić information content (AvgIpc) is 1.61. The number of ether oxygens (including phenoxy) is 1. The van der Waals surface area contributed by atoms with Gasteiger partial charge in [0.25, 0.3) is 0 Å². The molecule has 0 fully saturated rings. The predicted octanol–water partition coefficient (Wildman–Crippen LogP) is 0.250. The first kappa shape index (κ1) is 7.18. The molecular formula is C5H13OSi. The summed E-state index contributed by atoms with van der Waals surface area (Å²) in [5.74, 6) is 0.685. The highest BCUT2D eigenvalue weighted by atomic mass is 28.1. The molecule has 0 amide bonds. The smallest absolute Gasteiger partial charge is 0.0484 e. The van der Waals surface area contributed by atoms with E-state index < -0.39 is 0 Å². The molecule has 0 bridgehead atoms. The highest BCUT2D eigenvalue weighted by Gasteiger charge is 1.88. The van der Waals surface area contributed by atoms with E-state index in [9.17, 15) is 0 Å². The quantitative estimate of drug-likeness (QED) is 0.481. The summed E-state index contributed by atoms with van der Waals surface area (Å²) in [5.41, 5.74) is 0. The fraction of sp³-hybridized carbons (Fsp3) is 1.00. The van der Waals surface area contributed by atoms with Crippen LogP contribution in [0.3, 0.4) is 0 Å². The molecule has 0 atom stereocenters. The summed E-state index contributed by atoms with van der Waals surface area (Å²) in [6.07, 6.45) is 0.873. The molecule has 0 saturated carbocycles. The van der Waals surface area contributed by atoms with Gasteiger partial charge in [0, 0.05) is 23.1 Å². The molecule has 0 heterocycles. The topological polar surface area (TPSA) is 9.23 Å². The van der Waals surface area contributed by atoms with Crippen LogP contribution in [-0.2, 0) is 4.74 Å². The van der Waals surface area contributed by atoms with Crippen molar-refractivity contribution < 1.29 is 4.74 Å². The molecule has 0 aliphatic carbocycles. The summed E-state index contributed by atoms with van der Waals surface area (Å²) in [7, 11) is 1.85. The van der Waals surface area contributed by atoms with Gasteiger partial charge in [-0.1, -0.05) is 13.8 Å². The van der Waals surface area contributed by atoms with Crippen LogP contribution >= 0.6 is 0 Å². The highest BCUT2D eigenvalue weighted by Crippen LogP contribution is 1.89. The van der Waals surface area contributed by atoms with Crippen LogP contribution in [0.5, 0.6) is 0 Å². The van der Waals surface area contributed by atoms with E-state index in [1.54, 1.807) is 0 Å². The second-order valence-electron chi connectivity index (χ2n) is 1.97. The Morgan fingerprint density at radius 2 is 2.14 bits per heavy atom. The van der Waals surface area contributed by atoms with E-state index in [1.165, 1.54) is 0 Å². The van der Waals surface area contributed by atoms with Crippen LogP contribution in [0.25, 0.3) is 0 Å². The fourth-order valence-corrected chi connectivity index (χ4v) is 0.486. The SMILES string of the molecule is CC(C)COC[SiH2]. The predicted molar refractivity (Wildman–Crippen MR) is 34.2 cm³/mol. The molecule has 0 aliphatic heterocycles. The number of hydrogen-bond acceptors (Lipinski definition) is 1. The van der Waals surface area contributed by atoms with E-state index in [1.807, 2.05) is 10.2 Å². The Hall–Kier alpha value is 0.177. The standard InChI is InChI=1S/C5H13OSi/c1-5(2)3-6-4-7/h5H,3-4,7H2,1-2H3. The Balaban J connectivity index is 2.68. The lowest BCUT2D eigenvalue weighted by molar-refractivity contribution is 0.149. The van der Waals surface area contributed by atoms with E-state index in [-0.39, 0.29) is 0 Å². The summed E-state index contributed by atoms with van der Waals surface area (Å²) in [6, 6.07) is 0. The van der Waals surface area contributed by atoms with Gasteiger partial charge >= 0.3 is 0 Å². The van der Waals surface area contributed by atoms with E-state index in [4.69, 9.17) is 4.74 Å². The van der Waals surface area contributed by atoms with Crippen LogP contribution in [0.15, 0.2) is 0 Å². The van der Waals surface area contributed by atoms with Gasteiger partial charge in [-0.25, -0.2) is 0 Å². The third-order valence-electron chi connectivity index (χ3n) is 0.596. The molecule has 1 radical (unpaired) electrons. The van der Waals surface area contributed by atoms with Crippen molar-refractivity contribution in [3.8, 4) is 0 Å². The summed E-state index contributed by atoms with van der Waals surface area (Å²) in [6.45, 7) is 5.21. The Labute approximate surface area is 48.5 Å². The second-order valence-corrected chi connectivity index (χ2v) is 2.38. The Morgan fingerprint density at radius 1 is 1.57 bits per heavy atom. The minimum atomic E-state index is 0.685. The Morgan fingerprint density at radius 3 is 2.29 bits per heavy atom. The molecule has 1 nitrogen and oxygen atoms in total. The Kier molecular flexibility index (Phi) is 4.45. The molecule has 0 unspecified atom stereocenters. The summed E-state index contributed by atoms with van der Waals surface area (Å²) in [4.78, 5) is 0. The van der Waals surface area contributed by atoms with Crippen LogP contribution in [0.1, 0.15) is 13.8 Å². The van der Waals surface area contributed by atoms with Crippen molar-refractivity contribution in [3.63, 3.8) is 0 Å². The van der Waals surface area contributed by atoms with Gasteiger partial charge < -0.3 is 4.74 Å².